The van der Waals surface area contributed by atoms with E-state index in [1.54, 1.807) is 7.11 Å². The van der Waals surface area contributed by atoms with Crippen molar-refractivity contribution in [3.05, 3.63) is 83.4 Å². The van der Waals surface area contributed by atoms with E-state index < -0.39 is 40.8 Å². The molecule has 10 nitrogen and oxygen atoms in total. The van der Waals surface area contributed by atoms with Crippen LogP contribution in [0.4, 0.5) is 33.5 Å². The van der Waals surface area contributed by atoms with Crippen molar-refractivity contribution in [3.8, 4) is 17.3 Å². The van der Waals surface area contributed by atoms with Crippen LogP contribution in [-0.2, 0) is 17.5 Å². The SMILES string of the molecule is COCCN(C)Cc1c(Oc2ccc(NC(=O)c3cnn(-c4ncccc4F)c3C(F)(F)F)cc2F)ccnc1N. The molecule has 216 valence electrons. The second kappa shape index (κ2) is 12.3. The van der Waals surface area contributed by atoms with Gasteiger partial charge in [-0.25, -0.2) is 23.4 Å². The van der Waals surface area contributed by atoms with Crippen LogP contribution in [0.3, 0.4) is 0 Å². The van der Waals surface area contributed by atoms with Crippen molar-refractivity contribution in [1.82, 2.24) is 24.6 Å². The third kappa shape index (κ3) is 6.75. The van der Waals surface area contributed by atoms with Crippen LogP contribution in [0.15, 0.2) is 55.0 Å². The van der Waals surface area contributed by atoms with Crippen LogP contribution in [-0.4, -0.2) is 57.9 Å². The van der Waals surface area contributed by atoms with Gasteiger partial charge in [-0.2, -0.15) is 18.3 Å². The molecular weight excluding hydrogens is 553 g/mol. The average molecular weight is 578 g/mol. The topological polar surface area (TPSA) is 120 Å². The van der Waals surface area contributed by atoms with Crippen LogP contribution in [0, 0.1) is 11.6 Å². The number of benzene rings is 1. The molecule has 0 fully saturated rings. The Balaban J connectivity index is 1.56. The maximum absolute atomic E-state index is 15.0. The van der Waals surface area contributed by atoms with Crippen molar-refractivity contribution < 1.29 is 36.2 Å². The van der Waals surface area contributed by atoms with Gasteiger partial charge in [-0.05, 0) is 37.4 Å². The third-order valence-electron chi connectivity index (χ3n) is 5.78. The number of ether oxygens (including phenoxy) is 2. The summed E-state index contributed by atoms with van der Waals surface area (Å²) in [4.78, 5) is 22.3. The number of amides is 1. The number of anilines is 2. The van der Waals surface area contributed by atoms with E-state index in [0.717, 1.165) is 18.3 Å². The lowest BCUT2D eigenvalue weighted by atomic mass is 10.2. The first-order valence-corrected chi connectivity index (χ1v) is 11.9. The zero-order valence-electron chi connectivity index (χ0n) is 21.7. The van der Waals surface area contributed by atoms with Gasteiger partial charge in [0.05, 0.1) is 23.9 Å². The predicted octanol–water partition coefficient (Wildman–Crippen LogP) is 4.66. The van der Waals surface area contributed by atoms with Gasteiger partial charge in [0, 0.05) is 44.3 Å². The van der Waals surface area contributed by atoms with E-state index in [0.29, 0.717) is 31.5 Å². The lowest BCUT2D eigenvalue weighted by Gasteiger charge is -2.19. The molecule has 0 saturated carbocycles. The van der Waals surface area contributed by atoms with Gasteiger partial charge in [0.2, 0.25) is 0 Å². The maximum atomic E-state index is 15.0. The van der Waals surface area contributed by atoms with Crippen molar-refractivity contribution >= 4 is 17.4 Å². The highest BCUT2D eigenvalue weighted by molar-refractivity contribution is 6.05. The van der Waals surface area contributed by atoms with E-state index >= 15 is 0 Å². The third-order valence-corrected chi connectivity index (χ3v) is 5.78. The predicted molar refractivity (Wildman–Crippen MR) is 138 cm³/mol. The summed E-state index contributed by atoms with van der Waals surface area (Å²) in [6.07, 6.45) is -2.00. The molecule has 0 unspecified atom stereocenters. The van der Waals surface area contributed by atoms with Gasteiger partial charge in [-0.15, -0.1) is 0 Å². The summed E-state index contributed by atoms with van der Waals surface area (Å²) in [6.45, 7) is 1.38. The van der Waals surface area contributed by atoms with E-state index in [1.165, 1.54) is 30.5 Å². The summed E-state index contributed by atoms with van der Waals surface area (Å²) >= 11 is 0. The Morgan fingerprint density at radius 3 is 2.56 bits per heavy atom. The first-order valence-electron chi connectivity index (χ1n) is 11.9. The molecule has 4 rings (SSSR count). The molecule has 4 aromatic rings. The van der Waals surface area contributed by atoms with E-state index in [-0.39, 0.29) is 27.7 Å². The molecule has 1 aromatic carbocycles. The Bertz CT molecular complexity index is 1540. The number of aromatic nitrogens is 4. The number of rotatable bonds is 10. The molecule has 3 heterocycles. The molecule has 1 amide bonds. The largest absolute Gasteiger partial charge is 0.454 e. The number of hydrogen-bond donors (Lipinski definition) is 2. The molecule has 0 aliphatic heterocycles. The van der Waals surface area contributed by atoms with Crippen molar-refractivity contribution in [1.29, 1.82) is 0 Å². The number of nitrogen functional groups attached to an aromatic ring is 1. The molecule has 15 heteroatoms. The van der Waals surface area contributed by atoms with Gasteiger partial charge in [0.1, 0.15) is 11.6 Å². The smallest absolute Gasteiger partial charge is 0.434 e. The molecule has 0 aliphatic carbocycles. The number of nitrogens with one attached hydrogen (secondary N) is 1. The minimum atomic E-state index is -5.10. The molecule has 3 N–H and O–H groups in total. The second-order valence-electron chi connectivity index (χ2n) is 8.73. The minimum absolute atomic E-state index is 0.168. The maximum Gasteiger partial charge on any atom is 0.434 e. The van der Waals surface area contributed by atoms with Crippen LogP contribution < -0.4 is 15.8 Å². The lowest BCUT2D eigenvalue weighted by Crippen LogP contribution is -2.23. The van der Waals surface area contributed by atoms with Crippen LogP contribution in [0.1, 0.15) is 21.6 Å². The van der Waals surface area contributed by atoms with Gasteiger partial charge in [-0.3, -0.25) is 9.69 Å². The van der Waals surface area contributed by atoms with Crippen molar-refractivity contribution in [2.24, 2.45) is 0 Å². The fraction of sp³-hybridized carbons (Fsp3) is 0.231. The van der Waals surface area contributed by atoms with E-state index in [4.69, 9.17) is 15.2 Å². The summed E-state index contributed by atoms with van der Waals surface area (Å²) in [5.41, 5.74) is 3.88. The van der Waals surface area contributed by atoms with Gasteiger partial charge in [-0.1, -0.05) is 0 Å². The van der Waals surface area contributed by atoms with Gasteiger partial charge in [0.15, 0.2) is 28.9 Å². The lowest BCUT2D eigenvalue weighted by molar-refractivity contribution is -0.143. The first kappa shape index (κ1) is 29.4. The zero-order valence-corrected chi connectivity index (χ0v) is 21.7. The number of nitrogens with two attached hydrogens (primary N) is 1. The number of carbonyl (C=O) groups is 1. The summed E-state index contributed by atoms with van der Waals surface area (Å²) in [7, 11) is 3.40. The molecule has 3 aromatic heterocycles. The van der Waals surface area contributed by atoms with E-state index in [9.17, 15) is 26.7 Å². The summed E-state index contributed by atoms with van der Waals surface area (Å²) in [5.74, 6) is -3.80. The summed E-state index contributed by atoms with van der Waals surface area (Å²) in [6, 6.07) is 6.90. The zero-order chi connectivity index (χ0) is 29.7. The van der Waals surface area contributed by atoms with E-state index in [1.807, 2.05) is 11.9 Å². The highest BCUT2D eigenvalue weighted by atomic mass is 19.4. The standard InChI is InChI=1S/C26H24F5N7O3/c1-37(10-11-40-2)14-17-20(7-9-33-23(17)32)41-21-6-5-15(12-19(21)28)36-25(39)16-13-35-38(22(16)26(29,30)31)24-18(27)4-3-8-34-24/h3-9,12-13H,10-11,14H2,1-2H3,(H2,32,33)(H,36,39). The van der Waals surface area contributed by atoms with Crippen LogP contribution in [0.2, 0.25) is 0 Å². The molecule has 0 saturated heterocycles. The number of alkyl halides is 3. The van der Waals surface area contributed by atoms with Crippen molar-refractivity contribution in [3.63, 3.8) is 0 Å². The minimum Gasteiger partial charge on any atom is -0.454 e. The molecule has 0 spiro atoms. The Hall–Kier alpha value is -4.63. The van der Waals surface area contributed by atoms with Gasteiger partial charge in [0.25, 0.3) is 5.91 Å². The fourth-order valence-electron chi connectivity index (χ4n) is 3.80. The summed E-state index contributed by atoms with van der Waals surface area (Å²) in [5, 5.41) is 5.72. The van der Waals surface area contributed by atoms with Crippen molar-refractivity contribution in [2.45, 2.75) is 12.7 Å². The number of hydrogen-bond acceptors (Lipinski definition) is 8. The number of likely N-dealkylation sites (N-methyl/N-ethyl adjacent to an activating group) is 1. The quantitative estimate of drug-likeness (QED) is 0.261. The van der Waals surface area contributed by atoms with Crippen molar-refractivity contribution in [2.75, 3.05) is 38.4 Å². The Kier molecular flexibility index (Phi) is 8.78. The Morgan fingerprint density at radius 2 is 1.88 bits per heavy atom. The fourth-order valence-corrected chi connectivity index (χ4v) is 3.80. The monoisotopic (exact) mass is 577 g/mol. The highest BCUT2D eigenvalue weighted by Crippen LogP contribution is 2.35. The molecule has 41 heavy (non-hydrogen) atoms. The van der Waals surface area contributed by atoms with Gasteiger partial charge < -0.3 is 20.5 Å². The van der Waals surface area contributed by atoms with Gasteiger partial charge >= 0.3 is 6.18 Å². The Labute approximate surface area is 230 Å². The molecule has 0 atom stereocenters. The number of pyridine rings is 2. The normalized spacial score (nSPS) is 11.6. The Morgan fingerprint density at radius 1 is 1.10 bits per heavy atom. The first-order chi connectivity index (χ1) is 19.5. The highest BCUT2D eigenvalue weighted by Gasteiger charge is 2.41. The number of nitrogens with zero attached hydrogens (tertiary/aromatic N) is 5. The molecular formula is C26H24F5N7O3. The van der Waals surface area contributed by atoms with E-state index in [2.05, 4.69) is 20.4 Å². The van der Waals surface area contributed by atoms with Crippen LogP contribution in [0.5, 0.6) is 11.5 Å². The summed E-state index contributed by atoms with van der Waals surface area (Å²) < 4.78 is 81.8. The molecule has 0 radical (unpaired) electrons. The number of methoxy groups -OCH3 is 1. The van der Waals surface area contributed by atoms with Crippen LogP contribution in [0.25, 0.3) is 5.82 Å². The number of carbonyl (C=O) groups excluding carboxylic acids is 1. The number of halogens is 5. The molecule has 0 aliphatic rings. The second-order valence-corrected chi connectivity index (χ2v) is 8.73. The average Bonchev–Trinajstić information content (AvgIpc) is 3.37. The van der Waals surface area contributed by atoms with Crippen LogP contribution >= 0.6 is 0 Å². The molecule has 0 bridgehead atoms.